The average molecular weight is 375 g/mol. The van der Waals surface area contributed by atoms with Crippen LogP contribution in [-0.4, -0.2) is 66.5 Å². The van der Waals surface area contributed by atoms with E-state index in [4.69, 9.17) is 0 Å². The lowest BCUT2D eigenvalue weighted by Crippen LogP contribution is -3.16. The van der Waals surface area contributed by atoms with Crippen LogP contribution in [0.2, 0.25) is 0 Å². The fraction of sp³-hybridized carbons (Fsp3) is 0.526. The van der Waals surface area contributed by atoms with Gasteiger partial charge in [-0.25, -0.2) is 14.1 Å². The summed E-state index contributed by atoms with van der Waals surface area (Å²) in [6.45, 7) is 3.21. The van der Waals surface area contributed by atoms with Gasteiger partial charge in [0.1, 0.15) is 5.82 Å². The van der Waals surface area contributed by atoms with Gasteiger partial charge in [0.15, 0.2) is 6.67 Å². The summed E-state index contributed by atoms with van der Waals surface area (Å²) in [5.41, 5.74) is 0.964. The number of carbonyl (C=O) groups is 3. The van der Waals surface area contributed by atoms with Crippen LogP contribution in [-0.2, 0) is 9.59 Å². The number of piperazine rings is 1. The number of halogens is 1. The van der Waals surface area contributed by atoms with Crippen LogP contribution in [0.15, 0.2) is 24.3 Å². The first kappa shape index (κ1) is 17.9. The SMILES string of the molecule is O=C1C(=O)N(C2CCCC2)C(=O)N1C[NH+]1CCN(c2ccc(F)cc2)CC1. The molecule has 0 unspecified atom stereocenters. The maximum Gasteiger partial charge on any atom is 0.338 e. The van der Waals surface area contributed by atoms with Gasteiger partial charge < -0.3 is 9.80 Å². The Bertz CT molecular complexity index is 740. The van der Waals surface area contributed by atoms with E-state index in [0.29, 0.717) is 0 Å². The molecule has 0 aromatic heterocycles. The largest absolute Gasteiger partial charge is 0.360 e. The van der Waals surface area contributed by atoms with Crippen LogP contribution in [0.25, 0.3) is 0 Å². The molecule has 1 N–H and O–H groups in total. The molecule has 0 spiro atoms. The standard InChI is InChI=1S/C19H23FN4O3/c20-14-5-7-15(8-6-14)22-11-9-21(10-12-22)13-23-17(25)18(26)24(19(23)27)16-3-1-2-4-16/h5-8,16H,1-4,9-13H2/p+1. The van der Waals surface area contributed by atoms with E-state index in [9.17, 15) is 18.8 Å². The number of nitrogens with one attached hydrogen (secondary N) is 1. The molecule has 8 heteroatoms. The third kappa shape index (κ3) is 3.41. The average Bonchev–Trinajstić information content (AvgIpc) is 3.27. The van der Waals surface area contributed by atoms with Crippen molar-refractivity contribution in [3.8, 4) is 0 Å². The van der Waals surface area contributed by atoms with Gasteiger partial charge in [0.2, 0.25) is 0 Å². The van der Waals surface area contributed by atoms with Crippen LogP contribution >= 0.6 is 0 Å². The molecular formula is C19H24FN4O3+. The Labute approximate surface area is 157 Å². The Kier molecular flexibility index (Phi) is 4.82. The van der Waals surface area contributed by atoms with Gasteiger partial charge in [-0.1, -0.05) is 12.8 Å². The molecule has 2 saturated heterocycles. The number of nitrogens with zero attached hydrogens (tertiary/aromatic N) is 3. The van der Waals surface area contributed by atoms with Crippen molar-refractivity contribution in [1.29, 1.82) is 0 Å². The molecule has 4 rings (SSSR count). The Balaban J connectivity index is 1.36. The van der Waals surface area contributed by atoms with Crippen molar-refractivity contribution in [2.24, 2.45) is 0 Å². The van der Waals surface area contributed by atoms with E-state index in [1.807, 2.05) is 0 Å². The first-order valence-corrected chi connectivity index (χ1v) is 9.57. The molecule has 4 amide bonds. The normalized spacial score (nSPS) is 22.4. The molecule has 2 heterocycles. The molecule has 2 aliphatic heterocycles. The summed E-state index contributed by atoms with van der Waals surface area (Å²) in [6.07, 6.45) is 3.57. The van der Waals surface area contributed by atoms with Gasteiger partial charge in [-0.05, 0) is 37.1 Å². The number of hydrogen-bond acceptors (Lipinski definition) is 4. The molecule has 0 bridgehead atoms. The zero-order valence-corrected chi connectivity index (χ0v) is 15.2. The number of hydrogen-bond donors (Lipinski definition) is 1. The number of carbonyl (C=O) groups excluding carboxylic acids is 3. The number of urea groups is 1. The predicted octanol–water partition coefficient (Wildman–Crippen LogP) is 0.222. The second-order valence-electron chi connectivity index (χ2n) is 7.50. The van der Waals surface area contributed by atoms with Crippen LogP contribution in [0.1, 0.15) is 25.7 Å². The number of amides is 4. The number of rotatable bonds is 4. The quantitative estimate of drug-likeness (QED) is 0.604. The minimum atomic E-state index is -0.694. The first-order chi connectivity index (χ1) is 13.0. The number of benzene rings is 1. The molecule has 7 nitrogen and oxygen atoms in total. The van der Waals surface area contributed by atoms with Crippen molar-refractivity contribution < 1.29 is 23.7 Å². The molecule has 3 aliphatic rings. The zero-order chi connectivity index (χ0) is 19.0. The first-order valence-electron chi connectivity index (χ1n) is 9.57. The maximum atomic E-state index is 13.1. The molecule has 3 fully saturated rings. The second kappa shape index (κ2) is 7.26. The Hall–Kier alpha value is -2.48. The van der Waals surface area contributed by atoms with Gasteiger partial charge in [0, 0.05) is 11.7 Å². The lowest BCUT2D eigenvalue weighted by Gasteiger charge is -2.34. The molecule has 1 aromatic carbocycles. The minimum Gasteiger partial charge on any atom is -0.360 e. The fourth-order valence-electron chi connectivity index (χ4n) is 4.26. The molecule has 27 heavy (non-hydrogen) atoms. The van der Waals surface area contributed by atoms with Crippen molar-refractivity contribution in [3.05, 3.63) is 30.1 Å². The Morgan fingerprint density at radius 1 is 0.963 bits per heavy atom. The summed E-state index contributed by atoms with van der Waals surface area (Å²) in [5.74, 6) is -1.62. The van der Waals surface area contributed by atoms with E-state index in [2.05, 4.69) is 4.90 Å². The monoisotopic (exact) mass is 375 g/mol. The Morgan fingerprint density at radius 2 is 1.59 bits per heavy atom. The highest BCUT2D eigenvalue weighted by molar-refractivity contribution is 6.44. The molecule has 1 aliphatic carbocycles. The minimum absolute atomic E-state index is 0.121. The van der Waals surface area contributed by atoms with Crippen LogP contribution in [0.4, 0.5) is 14.9 Å². The highest BCUT2D eigenvalue weighted by Gasteiger charge is 2.49. The van der Waals surface area contributed by atoms with Crippen molar-refractivity contribution in [2.75, 3.05) is 37.7 Å². The van der Waals surface area contributed by atoms with E-state index in [1.165, 1.54) is 17.0 Å². The number of anilines is 1. The smallest absolute Gasteiger partial charge is 0.338 e. The van der Waals surface area contributed by atoms with Gasteiger partial charge in [0.25, 0.3) is 0 Å². The summed E-state index contributed by atoms with van der Waals surface area (Å²) >= 11 is 0. The summed E-state index contributed by atoms with van der Waals surface area (Å²) in [5, 5.41) is 0. The van der Waals surface area contributed by atoms with Crippen molar-refractivity contribution in [3.63, 3.8) is 0 Å². The highest BCUT2D eigenvalue weighted by Crippen LogP contribution is 2.27. The molecule has 144 valence electrons. The third-order valence-corrected chi connectivity index (χ3v) is 5.82. The lowest BCUT2D eigenvalue weighted by molar-refractivity contribution is -0.907. The zero-order valence-electron chi connectivity index (χ0n) is 15.2. The highest BCUT2D eigenvalue weighted by atomic mass is 19.1. The Morgan fingerprint density at radius 3 is 2.22 bits per heavy atom. The van der Waals surface area contributed by atoms with Crippen LogP contribution < -0.4 is 9.80 Å². The van der Waals surface area contributed by atoms with E-state index in [-0.39, 0.29) is 18.5 Å². The van der Waals surface area contributed by atoms with Crippen LogP contribution in [0.5, 0.6) is 0 Å². The van der Waals surface area contributed by atoms with Gasteiger partial charge in [0.05, 0.1) is 26.2 Å². The van der Waals surface area contributed by atoms with E-state index in [1.54, 1.807) is 12.1 Å². The lowest BCUT2D eigenvalue weighted by atomic mass is 10.2. The summed E-state index contributed by atoms with van der Waals surface area (Å²) in [6, 6.07) is 5.83. The van der Waals surface area contributed by atoms with Crippen LogP contribution in [0, 0.1) is 5.82 Å². The third-order valence-electron chi connectivity index (χ3n) is 5.82. The van der Waals surface area contributed by atoms with Crippen molar-refractivity contribution in [2.45, 2.75) is 31.7 Å². The van der Waals surface area contributed by atoms with Gasteiger partial charge in [-0.15, -0.1) is 0 Å². The molecule has 0 radical (unpaired) electrons. The van der Waals surface area contributed by atoms with E-state index in [0.717, 1.165) is 67.3 Å². The topological polar surface area (TPSA) is 65.4 Å². The summed E-state index contributed by atoms with van der Waals surface area (Å²) in [4.78, 5) is 42.8. The molecule has 1 aromatic rings. The predicted molar refractivity (Wildman–Crippen MR) is 95.5 cm³/mol. The van der Waals surface area contributed by atoms with E-state index < -0.39 is 17.8 Å². The van der Waals surface area contributed by atoms with E-state index >= 15 is 0 Å². The summed E-state index contributed by atoms with van der Waals surface area (Å²) < 4.78 is 13.1. The summed E-state index contributed by atoms with van der Waals surface area (Å²) in [7, 11) is 0. The van der Waals surface area contributed by atoms with Crippen molar-refractivity contribution in [1.82, 2.24) is 9.80 Å². The second-order valence-corrected chi connectivity index (χ2v) is 7.50. The maximum absolute atomic E-state index is 13.1. The van der Waals surface area contributed by atoms with Gasteiger partial charge in [-0.2, -0.15) is 0 Å². The molecule has 1 saturated carbocycles. The number of imide groups is 2. The molecule has 0 atom stereocenters. The van der Waals surface area contributed by atoms with Crippen LogP contribution in [0.3, 0.4) is 0 Å². The number of quaternary nitrogens is 1. The molecular weight excluding hydrogens is 351 g/mol. The fourth-order valence-corrected chi connectivity index (χ4v) is 4.26. The van der Waals surface area contributed by atoms with Crippen molar-refractivity contribution >= 4 is 23.5 Å². The van der Waals surface area contributed by atoms with Gasteiger partial charge >= 0.3 is 17.8 Å². The van der Waals surface area contributed by atoms with Gasteiger partial charge in [-0.3, -0.25) is 14.5 Å².